The topological polar surface area (TPSA) is 81.4 Å². The molecule has 0 atom stereocenters. The lowest BCUT2D eigenvalue weighted by Gasteiger charge is -2.16. The number of aryl methyl sites for hydroxylation is 1. The fourth-order valence-electron chi connectivity index (χ4n) is 2.31. The van der Waals surface area contributed by atoms with Crippen molar-refractivity contribution in [1.29, 1.82) is 0 Å². The molecule has 0 bridgehead atoms. The van der Waals surface area contributed by atoms with Crippen LogP contribution in [0.4, 0.5) is 0 Å². The van der Waals surface area contributed by atoms with Crippen molar-refractivity contribution in [2.75, 3.05) is 7.11 Å². The van der Waals surface area contributed by atoms with E-state index in [4.69, 9.17) is 9.84 Å². The van der Waals surface area contributed by atoms with Gasteiger partial charge in [0.05, 0.1) is 19.2 Å². The number of hydrogen-bond acceptors (Lipinski definition) is 4. The summed E-state index contributed by atoms with van der Waals surface area (Å²) in [5.74, 6) is -0.442. The van der Waals surface area contributed by atoms with Crippen LogP contribution in [0.2, 0.25) is 0 Å². The molecule has 6 heteroatoms. The van der Waals surface area contributed by atoms with Crippen LogP contribution in [0, 0.1) is 13.8 Å². The lowest BCUT2D eigenvalue weighted by atomic mass is 10.1. The lowest BCUT2D eigenvalue weighted by molar-refractivity contribution is -0.136. The van der Waals surface area contributed by atoms with E-state index in [2.05, 4.69) is 4.98 Å². The summed E-state index contributed by atoms with van der Waals surface area (Å²) in [6.45, 7) is 3.35. The highest BCUT2D eigenvalue weighted by atomic mass is 16.5. The molecule has 0 radical (unpaired) electrons. The van der Waals surface area contributed by atoms with Crippen LogP contribution in [0.3, 0.4) is 0 Å². The van der Waals surface area contributed by atoms with Gasteiger partial charge in [0.15, 0.2) is 0 Å². The number of methoxy groups -OCH3 is 1. The van der Waals surface area contributed by atoms with E-state index in [0.29, 0.717) is 28.4 Å². The van der Waals surface area contributed by atoms with Gasteiger partial charge in [-0.1, -0.05) is 12.1 Å². The maximum absolute atomic E-state index is 12.2. The summed E-state index contributed by atoms with van der Waals surface area (Å²) in [6, 6.07) is 7.04. The van der Waals surface area contributed by atoms with E-state index in [1.165, 1.54) is 11.7 Å². The number of rotatable bonds is 4. The quantitative estimate of drug-likeness (QED) is 0.921. The number of carboxylic acid groups (broad SMARTS) is 1. The molecule has 2 rings (SSSR count). The van der Waals surface area contributed by atoms with Crippen LogP contribution < -0.4 is 10.4 Å². The zero-order valence-corrected chi connectivity index (χ0v) is 12.1. The minimum atomic E-state index is -0.965. The Hall–Kier alpha value is -2.63. The van der Waals surface area contributed by atoms with E-state index >= 15 is 0 Å². The van der Waals surface area contributed by atoms with Gasteiger partial charge in [-0.25, -0.2) is 4.79 Å². The third kappa shape index (κ3) is 2.79. The Morgan fingerprint density at radius 2 is 2.00 bits per heavy atom. The van der Waals surface area contributed by atoms with Crippen molar-refractivity contribution in [3.05, 3.63) is 51.7 Å². The second-order valence-electron chi connectivity index (χ2n) is 4.62. The van der Waals surface area contributed by atoms with Crippen molar-refractivity contribution in [3.63, 3.8) is 0 Å². The Labute approximate surface area is 121 Å². The van der Waals surface area contributed by atoms with Gasteiger partial charge in [0.2, 0.25) is 0 Å². The smallest absolute Gasteiger partial charge is 0.352 e. The largest absolute Gasteiger partial charge is 0.495 e. The molecule has 1 aromatic heterocycles. The molecule has 1 heterocycles. The summed E-state index contributed by atoms with van der Waals surface area (Å²) < 4.78 is 6.64. The van der Waals surface area contributed by atoms with Crippen molar-refractivity contribution >= 4 is 5.97 Å². The van der Waals surface area contributed by atoms with Crippen LogP contribution >= 0.6 is 0 Å². The molecule has 2 aromatic rings. The lowest BCUT2D eigenvalue weighted by Crippen LogP contribution is -2.27. The van der Waals surface area contributed by atoms with Crippen LogP contribution in [0.15, 0.2) is 29.1 Å². The maximum atomic E-state index is 12.2. The summed E-state index contributed by atoms with van der Waals surface area (Å²) in [7, 11) is 1.51. The molecule has 6 nitrogen and oxygen atoms in total. The Morgan fingerprint density at radius 1 is 1.33 bits per heavy atom. The van der Waals surface area contributed by atoms with E-state index in [1.807, 2.05) is 0 Å². The van der Waals surface area contributed by atoms with E-state index in [9.17, 15) is 9.59 Å². The average Bonchev–Trinajstić information content (AvgIpc) is 2.43. The van der Waals surface area contributed by atoms with Gasteiger partial charge in [-0.05, 0) is 26.0 Å². The van der Waals surface area contributed by atoms with Crippen LogP contribution in [-0.2, 0) is 11.2 Å². The molecule has 110 valence electrons. The number of carboxylic acids is 1. The first-order valence-electron chi connectivity index (χ1n) is 6.40. The monoisotopic (exact) mass is 288 g/mol. The highest BCUT2D eigenvalue weighted by molar-refractivity contribution is 5.71. The van der Waals surface area contributed by atoms with Gasteiger partial charge in [0, 0.05) is 17.0 Å². The van der Waals surface area contributed by atoms with Crippen LogP contribution in [0.25, 0.3) is 5.69 Å². The van der Waals surface area contributed by atoms with Gasteiger partial charge in [-0.15, -0.1) is 0 Å². The highest BCUT2D eigenvalue weighted by Gasteiger charge is 2.17. The van der Waals surface area contributed by atoms with Gasteiger partial charge < -0.3 is 9.84 Å². The molecule has 0 aliphatic rings. The predicted octanol–water partition coefficient (Wildman–Crippen LogP) is 1.49. The van der Waals surface area contributed by atoms with Crippen molar-refractivity contribution in [1.82, 2.24) is 9.55 Å². The fourth-order valence-corrected chi connectivity index (χ4v) is 2.31. The summed E-state index contributed by atoms with van der Waals surface area (Å²) in [5.41, 5.74) is 1.61. The number of aliphatic carboxylic acids is 1. The zero-order chi connectivity index (χ0) is 15.6. The SMILES string of the molecule is COc1ccccc1-n1c(C)c(CC(=O)O)c(C)nc1=O. The number of nitrogens with zero attached hydrogens (tertiary/aromatic N) is 2. The third-order valence-electron chi connectivity index (χ3n) is 3.32. The first kappa shape index (κ1) is 14.8. The van der Waals surface area contributed by atoms with E-state index < -0.39 is 11.7 Å². The van der Waals surface area contributed by atoms with E-state index in [0.717, 1.165) is 0 Å². The second kappa shape index (κ2) is 5.78. The molecule has 0 saturated carbocycles. The van der Waals surface area contributed by atoms with Crippen LogP contribution in [-0.4, -0.2) is 27.7 Å². The Kier molecular flexibility index (Phi) is 4.07. The molecule has 21 heavy (non-hydrogen) atoms. The zero-order valence-electron chi connectivity index (χ0n) is 12.1. The van der Waals surface area contributed by atoms with Crippen LogP contribution in [0.5, 0.6) is 5.75 Å². The number of para-hydroxylation sites is 2. The highest BCUT2D eigenvalue weighted by Crippen LogP contribution is 2.23. The molecule has 0 fully saturated rings. The van der Waals surface area contributed by atoms with Gasteiger partial charge >= 0.3 is 11.7 Å². The minimum Gasteiger partial charge on any atom is -0.495 e. The Bertz CT molecular complexity index is 750. The number of ether oxygens (including phenoxy) is 1. The molecular formula is C15H16N2O4. The number of hydrogen-bond donors (Lipinski definition) is 1. The van der Waals surface area contributed by atoms with Crippen molar-refractivity contribution < 1.29 is 14.6 Å². The van der Waals surface area contributed by atoms with Gasteiger partial charge in [0.1, 0.15) is 5.75 Å². The molecule has 0 aliphatic heterocycles. The Morgan fingerprint density at radius 3 is 2.62 bits per heavy atom. The molecular weight excluding hydrogens is 272 g/mol. The number of aromatic nitrogens is 2. The first-order valence-corrected chi connectivity index (χ1v) is 6.40. The summed E-state index contributed by atoms with van der Waals surface area (Å²) in [4.78, 5) is 27.1. The molecule has 1 aromatic carbocycles. The first-order chi connectivity index (χ1) is 9.95. The Balaban J connectivity index is 2.75. The van der Waals surface area contributed by atoms with Crippen molar-refractivity contribution in [2.45, 2.75) is 20.3 Å². The molecule has 0 aliphatic carbocycles. The molecule has 0 saturated heterocycles. The van der Waals surface area contributed by atoms with Gasteiger partial charge in [-0.3, -0.25) is 9.36 Å². The van der Waals surface area contributed by atoms with Gasteiger partial charge in [0.25, 0.3) is 0 Å². The molecule has 0 amide bonds. The number of benzene rings is 1. The van der Waals surface area contributed by atoms with Crippen molar-refractivity contribution in [2.24, 2.45) is 0 Å². The molecule has 0 unspecified atom stereocenters. The van der Waals surface area contributed by atoms with E-state index in [-0.39, 0.29) is 6.42 Å². The normalized spacial score (nSPS) is 10.4. The van der Waals surface area contributed by atoms with Gasteiger partial charge in [-0.2, -0.15) is 4.98 Å². The van der Waals surface area contributed by atoms with Crippen LogP contribution in [0.1, 0.15) is 17.0 Å². The summed E-state index contributed by atoms with van der Waals surface area (Å²) >= 11 is 0. The summed E-state index contributed by atoms with van der Waals surface area (Å²) in [6.07, 6.45) is -0.180. The average molecular weight is 288 g/mol. The minimum absolute atomic E-state index is 0.180. The number of carbonyl (C=O) groups is 1. The molecule has 0 spiro atoms. The third-order valence-corrected chi connectivity index (χ3v) is 3.32. The maximum Gasteiger partial charge on any atom is 0.352 e. The standard InChI is InChI=1S/C15H16N2O4/c1-9-11(8-14(18)19)10(2)17(15(20)16-9)12-6-4-5-7-13(12)21-3/h4-7H,8H2,1-3H3,(H,18,19). The van der Waals surface area contributed by atoms with E-state index in [1.54, 1.807) is 38.1 Å². The van der Waals surface area contributed by atoms with Crippen molar-refractivity contribution in [3.8, 4) is 11.4 Å². The second-order valence-corrected chi connectivity index (χ2v) is 4.62. The predicted molar refractivity (Wildman–Crippen MR) is 77.2 cm³/mol. The fraction of sp³-hybridized carbons (Fsp3) is 0.267. The molecule has 1 N–H and O–H groups in total. The summed E-state index contributed by atoms with van der Waals surface area (Å²) in [5, 5.41) is 9.01.